The summed E-state index contributed by atoms with van der Waals surface area (Å²) in [6, 6.07) is 11.0. The zero-order chi connectivity index (χ0) is 16.7. The number of nitrogens with zero attached hydrogens (tertiary/aromatic N) is 1. The normalized spacial score (nSPS) is 13.1. The van der Waals surface area contributed by atoms with Crippen LogP contribution in [0.2, 0.25) is 0 Å². The Morgan fingerprint density at radius 3 is 3.08 bits per heavy atom. The van der Waals surface area contributed by atoms with E-state index in [1.165, 1.54) is 11.3 Å². The Kier molecular flexibility index (Phi) is 3.42. The van der Waals surface area contributed by atoms with Crippen molar-refractivity contribution < 1.29 is 14.3 Å². The van der Waals surface area contributed by atoms with Crippen molar-refractivity contribution in [3.8, 4) is 5.75 Å². The average molecular weight is 339 g/mol. The van der Waals surface area contributed by atoms with E-state index in [0.29, 0.717) is 22.1 Å². The third kappa shape index (κ3) is 2.59. The molecule has 2 amide bonds. The predicted molar refractivity (Wildman–Crippen MR) is 92.9 cm³/mol. The number of ether oxygens (including phenoxy) is 1. The Hall–Kier alpha value is -2.93. The summed E-state index contributed by atoms with van der Waals surface area (Å²) in [6.07, 6.45) is 0. The molecule has 0 saturated heterocycles. The molecule has 0 radical (unpaired) electrons. The minimum atomic E-state index is -0.339. The maximum absolute atomic E-state index is 12.6. The molecule has 0 aliphatic carbocycles. The number of thiazole rings is 1. The number of hydrogen-bond donors (Lipinski definition) is 2. The summed E-state index contributed by atoms with van der Waals surface area (Å²) in [4.78, 5) is 28.5. The van der Waals surface area contributed by atoms with E-state index in [2.05, 4.69) is 15.6 Å². The number of carbonyl (C=O) groups excluding carboxylic acids is 2. The largest absolute Gasteiger partial charge is 0.482 e. The Labute approximate surface area is 141 Å². The molecule has 3 aromatic rings. The fourth-order valence-corrected chi connectivity index (χ4v) is 3.50. The zero-order valence-electron chi connectivity index (χ0n) is 12.8. The van der Waals surface area contributed by atoms with Crippen molar-refractivity contribution in [2.75, 3.05) is 17.2 Å². The van der Waals surface area contributed by atoms with Crippen LogP contribution in [0.15, 0.2) is 36.4 Å². The van der Waals surface area contributed by atoms with Gasteiger partial charge in [-0.25, -0.2) is 4.98 Å². The Morgan fingerprint density at radius 1 is 1.33 bits per heavy atom. The summed E-state index contributed by atoms with van der Waals surface area (Å²) < 4.78 is 6.34. The first kappa shape index (κ1) is 14.6. The predicted octanol–water partition coefficient (Wildman–Crippen LogP) is 3.19. The van der Waals surface area contributed by atoms with Crippen LogP contribution in [0.1, 0.15) is 15.9 Å². The van der Waals surface area contributed by atoms with Gasteiger partial charge < -0.3 is 10.1 Å². The third-order valence-corrected chi connectivity index (χ3v) is 4.59. The molecular weight excluding hydrogens is 326 g/mol. The SMILES string of the molecule is Cc1ccc2nc(NC(=O)c3cccc4c3NC(=O)CO4)sc2c1. The Morgan fingerprint density at radius 2 is 2.21 bits per heavy atom. The molecule has 0 fully saturated rings. The summed E-state index contributed by atoms with van der Waals surface area (Å²) in [7, 11) is 0. The molecule has 6 nitrogen and oxygen atoms in total. The van der Waals surface area contributed by atoms with Gasteiger partial charge in [0.05, 0.1) is 21.5 Å². The molecule has 2 heterocycles. The number of hydrogen-bond acceptors (Lipinski definition) is 5. The van der Waals surface area contributed by atoms with Crippen LogP contribution in [0.5, 0.6) is 5.75 Å². The third-order valence-electron chi connectivity index (χ3n) is 3.66. The molecule has 4 rings (SSSR count). The van der Waals surface area contributed by atoms with Gasteiger partial charge in [0.15, 0.2) is 11.7 Å². The summed E-state index contributed by atoms with van der Waals surface area (Å²) in [5.41, 5.74) is 2.72. The first-order chi connectivity index (χ1) is 11.6. The van der Waals surface area contributed by atoms with E-state index < -0.39 is 0 Å². The van der Waals surface area contributed by atoms with Crippen LogP contribution in [0, 0.1) is 6.92 Å². The fourth-order valence-electron chi connectivity index (χ4n) is 2.54. The summed E-state index contributed by atoms with van der Waals surface area (Å²) >= 11 is 1.41. The average Bonchev–Trinajstić information content (AvgIpc) is 2.95. The van der Waals surface area contributed by atoms with Crippen LogP contribution in [-0.2, 0) is 4.79 Å². The van der Waals surface area contributed by atoms with Gasteiger partial charge in [-0.15, -0.1) is 0 Å². The molecule has 0 bridgehead atoms. The van der Waals surface area contributed by atoms with Gasteiger partial charge >= 0.3 is 0 Å². The number of carbonyl (C=O) groups is 2. The lowest BCUT2D eigenvalue weighted by Gasteiger charge is -2.20. The molecule has 0 spiro atoms. The number of amides is 2. The van der Waals surface area contributed by atoms with Gasteiger partial charge in [0.25, 0.3) is 11.8 Å². The Balaban J connectivity index is 1.65. The molecule has 1 aliphatic heterocycles. The molecule has 1 aromatic heterocycles. The van der Waals surface area contributed by atoms with E-state index in [1.807, 2.05) is 25.1 Å². The lowest BCUT2D eigenvalue weighted by Crippen LogP contribution is -2.27. The van der Waals surface area contributed by atoms with Crippen LogP contribution >= 0.6 is 11.3 Å². The lowest BCUT2D eigenvalue weighted by molar-refractivity contribution is -0.118. The molecular formula is C17H13N3O3S. The highest BCUT2D eigenvalue weighted by molar-refractivity contribution is 7.22. The van der Waals surface area contributed by atoms with E-state index in [1.54, 1.807) is 18.2 Å². The molecule has 2 aromatic carbocycles. The van der Waals surface area contributed by atoms with E-state index in [4.69, 9.17) is 4.74 Å². The topological polar surface area (TPSA) is 80.3 Å². The Bertz CT molecular complexity index is 980. The first-order valence-corrected chi connectivity index (χ1v) is 8.16. The number of anilines is 2. The maximum Gasteiger partial charge on any atom is 0.262 e. The minimum Gasteiger partial charge on any atom is -0.482 e. The van der Waals surface area contributed by atoms with E-state index in [0.717, 1.165) is 15.8 Å². The van der Waals surface area contributed by atoms with Crippen molar-refractivity contribution in [2.24, 2.45) is 0 Å². The first-order valence-electron chi connectivity index (χ1n) is 7.34. The standard InChI is InChI=1S/C17H13N3O3S/c1-9-5-6-11-13(7-9)24-17(18-11)20-16(22)10-3-2-4-12-15(10)19-14(21)8-23-12/h2-7H,8H2,1H3,(H,19,21)(H,18,20,22). The number of para-hydroxylation sites is 1. The van der Waals surface area contributed by atoms with Crippen molar-refractivity contribution in [2.45, 2.75) is 6.92 Å². The molecule has 24 heavy (non-hydrogen) atoms. The van der Waals surface area contributed by atoms with E-state index in [9.17, 15) is 9.59 Å². The second-order valence-electron chi connectivity index (χ2n) is 5.46. The highest BCUT2D eigenvalue weighted by atomic mass is 32.1. The number of aromatic nitrogens is 1. The molecule has 1 aliphatic rings. The second kappa shape index (κ2) is 5.61. The number of fused-ring (bicyclic) bond motifs is 2. The lowest BCUT2D eigenvalue weighted by atomic mass is 10.1. The second-order valence-corrected chi connectivity index (χ2v) is 6.49. The molecule has 0 atom stereocenters. The van der Waals surface area contributed by atoms with Gasteiger partial charge in [0.1, 0.15) is 5.75 Å². The van der Waals surface area contributed by atoms with Gasteiger partial charge in [-0.05, 0) is 36.8 Å². The van der Waals surface area contributed by atoms with Crippen molar-refractivity contribution in [3.63, 3.8) is 0 Å². The fraction of sp³-hybridized carbons (Fsp3) is 0.118. The molecule has 120 valence electrons. The van der Waals surface area contributed by atoms with Crippen LogP contribution in [0.4, 0.5) is 10.8 Å². The quantitative estimate of drug-likeness (QED) is 0.751. The van der Waals surface area contributed by atoms with Gasteiger partial charge in [-0.2, -0.15) is 0 Å². The molecule has 2 N–H and O–H groups in total. The van der Waals surface area contributed by atoms with Gasteiger partial charge in [-0.1, -0.05) is 23.5 Å². The number of nitrogens with one attached hydrogen (secondary N) is 2. The van der Waals surface area contributed by atoms with Crippen LogP contribution in [0.25, 0.3) is 10.2 Å². The molecule has 0 unspecified atom stereocenters. The van der Waals surface area contributed by atoms with Crippen LogP contribution in [-0.4, -0.2) is 23.4 Å². The number of benzene rings is 2. The van der Waals surface area contributed by atoms with E-state index >= 15 is 0 Å². The van der Waals surface area contributed by atoms with Crippen molar-refractivity contribution in [1.82, 2.24) is 4.98 Å². The smallest absolute Gasteiger partial charge is 0.262 e. The highest BCUT2D eigenvalue weighted by Crippen LogP contribution is 2.32. The number of aryl methyl sites for hydroxylation is 1. The summed E-state index contributed by atoms with van der Waals surface area (Å²) in [6.45, 7) is 1.96. The van der Waals surface area contributed by atoms with Crippen molar-refractivity contribution in [1.29, 1.82) is 0 Å². The van der Waals surface area contributed by atoms with Gasteiger partial charge in [0.2, 0.25) is 0 Å². The highest BCUT2D eigenvalue weighted by Gasteiger charge is 2.22. The summed E-state index contributed by atoms with van der Waals surface area (Å²) in [5, 5.41) is 6.00. The van der Waals surface area contributed by atoms with Crippen molar-refractivity contribution >= 4 is 44.2 Å². The number of rotatable bonds is 2. The van der Waals surface area contributed by atoms with Crippen molar-refractivity contribution in [3.05, 3.63) is 47.5 Å². The van der Waals surface area contributed by atoms with Gasteiger partial charge in [-0.3, -0.25) is 14.9 Å². The molecule has 0 saturated carbocycles. The van der Waals surface area contributed by atoms with Crippen LogP contribution < -0.4 is 15.4 Å². The van der Waals surface area contributed by atoms with Gasteiger partial charge in [0, 0.05) is 0 Å². The maximum atomic E-state index is 12.6. The van der Waals surface area contributed by atoms with Crippen LogP contribution in [0.3, 0.4) is 0 Å². The monoisotopic (exact) mass is 339 g/mol. The summed E-state index contributed by atoms with van der Waals surface area (Å²) in [5.74, 6) is -0.131. The minimum absolute atomic E-state index is 0.0463. The van der Waals surface area contributed by atoms with E-state index in [-0.39, 0.29) is 18.4 Å². The zero-order valence-corrected chi connectivity index (χ0v) is 13.6. The molecule has 7 heteroatoms.